The van der Waals surface area contributed by atoms with Crippen LogP contribution in [0.5, 0.6) is 11.5 Å². The van der Waals surface area contributed by atoms with Crippen molar-refractivity contribution in [3.63, 3.8) is 0 Å². The molecule has 0 N–H and O–H groups in total. The van der Waals surface area contributed by atoms with Crippen molar-refractivity contribution in [2.45, 2.75) is 6.92 Å². The summed E-state index contributed by atoms with van der Waals surface area (Å²) in [4.78, 5) is 22.2. The summed E-state index contributed by atoms with van der Waals surface area (Å²) >= 11 is 0. The average molecular weight is 287 g/mol. The minimum absolute atomic E-state index is 0.0800. The van der Waals surface area contributed by atoms with Gasteiger partial charge in [-0.05, 0) is 30.7 Å². The van der Waals surface area contributed by atoms with E-state index in [1.807, 2.05) is 6.07 Å². The lowest BCUT2D eigenvalue weighted by molar-refractivity contribution is -0.385. The summed E-state index contributed by atoms with van der Waals surface area (Å²) in [6.45, 7) is 1.66. The van der Waals surface area contributed by atoms with Gasteiger partial charge in [0.15, 0.2) is 0 Å². The summed E-state index contributed by atoms with van der Waals surface area (Å²) in [5.74, 6) is -0.0657. The first kappa shape index (κ1) is 14.5. The molecule has 0 aromatic heterocycles. The molecular formula is C15H13NO5. The van der Waals surface area contributed by atoms with Gasteiger partial charge in [-0.2, -0.15) is 0 Å². The van der Waals surface area contributed by atoms with E-state index in [2.05, 4.69) is 4.74 Å². The Bertz CT molecular complexity index is 682. The Kier molecular flexibility index (Phi) is 4.18. The number of esters is 1. The van der Waals surface area contributed by atoms with Gasteiger partial charge in [-0.15, -0.1) is 0 Å². The number of benzene rings is 2. The third kappa shape index (κ3) is 3.17. The maximum atomic E-state index is 11.6. The van der Waals surface area contributed by atoms with Crippen LogP contribution in [0.4, 0.5) is 5.69 Å². The first-order valence-corrected chi connectivity index (χ1v) is 6.13. The minimum Gasteiger partial charge on any atom is -0.465 e. The molecule has 6 heteroatoms. The van der Waals surface area contributed by atoms with Crippen LogP contribution in [0.25, 0.3) is 0 Å². The number of carbonyl (C=O) groups excluding carboxylic acids is 1. The van der Waals surface area contributed by atoms with Crippen LogP contribution in [0.2, 0.25) is 0 Å². The highest BCUT2D eigenvalue weighted by atomic mass is 16.6. The first-order chi connectivity index (χ1) is 10.0. The molecule has 0 amide bonds. The fraction of sp³-hybridized carbons (Fsp3) is 0.133. The quantitative estimate of drug-likeness (QED) is 0.488. The Balaban J connectivity index is 2.48. The van der Waals surface area contributed by atoms with Crippen molar-refractivity contribution in [2.75, 3.05) is 7.11 Å². The highest BCUT2D eigenvalue weighted by molar-refractivity contribution is 5.92. The Morgan fingerprint density at radius 1 is 1.19 bits per heavy atom. The summed E-state index contributed by atoms with van der Waals surface area (Å²) in [6, 6.07) is 11.3. The molecule has 21 heavy (non-hydrogen) atoms. The summed E-state index contributed by atoms with van der Waals surface area (Å²) in [7, 11) is 1.22. The van der Waals surface area contributed by atoms with Crippen molar-refractivity contribution in [3.8, 4) is 11.5 Å². The van der Waals surface area contributed by atoms with Gasteiger partial charge in [-0.25, -0.2) is 4.79 Å². The van der Waals surface area contributed by atoms with E-state index < -0.39 is 10.9 Å². The van der Waals surface area contributed by atoms with E-state index in [0.29, 0.717) is 11.3 Å². The van der Waals surface area contributed by atoms with Gasteiger partial charge in [0.25, 0.3) is 0 Å². The molecule has 0 bridgehead atoms. The SMILES string of the molecule is COC(=O)c1cc([N+](=O)[O-])c(Oc2ccccc2)cc1C. The lowest BCUT2D eigenvalue weighted by atomic mass is 10.1. The maximum Gasteiger partial charge on any atom is 0.338 e. The van der Waals surface area contributed by atoms with E-state index in [-0.39, 0.29) is 17.0 Å². The summed E-state index contributed by atoms with van der Waals surface area (Å²) in [6.07, 6.45) is 0. The van der Waals surface area contributed by atoms with Crippen LogP contribution in [0.3, 0.4) is 0 Å². The zero-order chi connectivity index (χ0) is 15.4. The molecule has 6 nitrogen and oxygen atoms in total. The highest BCUT2D eigenvalue weighted by Crippen LogP contribution is 2.34. The number of carbonyl (C=O) groups is 1. The predicted molar refractivity (Wildman–Crippen MR) is 75.7 cm³/mol. The fourth-order valence-corrected chi connectivity index (χ4v) is 1.84. The zero-order valence-electron chi connectivity index (χ0n) is 11.5. The monoisotopic (exact) mass is 287 g/mol. The van der Waals surface area contributed by atoms with Crippen LogP contribution < -0.4 is 4.74 Å². The predicted octanol–water partition coefficient (Wildman–Crippen LogP) is 3.48. The Labute approximate surface area is 121 Å². The number of para-hydroxylation sites is 1. The molecule has 0 saturated carbocycles. The van der Waals surface area contributed by atoms with Gasteiger partial charge < -0.3 is 9.47 Å². The van der Waals surface area contributed by atoms with E-state index in [1.54, 1.807) is 31.2 Å². The van der Waals surface area contributed by atoms with Crippen molar-refractivity contribution in [2.24, 2.45) is 0 Å². The topological polar surface area (TPSA) is 78.7 Å². The lowest BCUT2D eigenvalue weighted by Crippen LogP contribution is -2.05. The molecule has 0 unspecified atom stereocenters. The van der Waals surface area contributed by atoms with Crippen LogP contribution in [-0.2, 0) is 4.74 Å². The molecule has 108 valence electrons. The van der Waals surface area contributed by atoms with E-state index >= 15 is 0 Å². The van der Waals surface area contributed by atoms with Crippen molar-refractivity contribution in [3.05, 3.63) is 63.7 Å². The summed E-state index contributed by atoms with van der Waals surface area (Å²) in [5, 5.41) is 11.2. The van der Waals surface area contributed by atoms with Gasteiger partial charge >= 0.3 is 11.7 Å². The third-order valence-electron chi connectivity index (χ3n) is 2.88. The molecule has 0 aliphatic rings. The number of hydrogen-bond acceptors (Lipinski definition) is 5. The Hall–Kier alpha value is -2.89. The number of nitro benzene ring substituents is 1. The van der Waals surface area contributed by atoms with E-state index in [9.17, 15) is 14.9 Å². The molecule has 0 fully saturated rings. The Morgan fingerprint density at radius 2 is 1.86 bits per heavy atom. The molecule has 2 aromatic rings. The van der Waals surface area contributed by atoms with Crippen molar-refractivity contribution >= 4 is 11.7 Å². The number of hydrogen-bond donors (Lipinski definition) is 0. The van der Waals surface area contributed by atoms with Crippen LogP contribution in [0, 0.1) is 17.0 Å². The second kappa shape index (κ2) is 6.04. The average Bonchev–Trinajstić information content (AvgIpc) is 2.47. The normalized spacial score (nSPS) is 10.0. The third-order valence-corrected chi connectivity index (χ3v) is 2.88. The number of nitrogens with zero attached hydrogens (tertiary/aromatic N) is 1. The molecule has 0 atom stereocenters. The minimum atomic E-state index is -0.623. The van der Waals surface area contributed by atoms with Crippen molar-refractivity contribution in [1.29, 1.82) is 0 Å². The fourth-order valence-electron chi connectivity index (χ4n) is 1.84. The molecule has 0 saturated heterocycles. The molecule has 2 rings (SSSR count). The van der Waals surface area contributed by atoms with Gasteiger partial charge in [-0.3, -0.25) is 10.1 Å². The molecule has 0 heterocycles. The second-order valence-electron chi connectivity index (χ2n) is 4.30. The summed E-state index contributed by atoms with van der Waals surface area (Å²) < 4.78 is 10.1. The van der Waals surface area contributed by atoms with E-state index in [1.165, 1.54) is 19.2 Å². The number of ether oxygens (including phenoxy) is 2. The van der Waals surface area contributed by atoms with Crippen LogP contribution in [-0.4, -0.2) is 18.0 Å². The molecular weight excluding hydrogens is 274 g/mol. The van der Waals surface area contributed by atoms with Crippen LogP contribution >= 0.6 is 0 Å². The van der Waals surface area contributed by atoms with Gasteiger partial charge in [0.05, 0.1) is 17.6 Å². The van der Waals surface area contributed by atoms with Crippen LogP contribution in [0.15, 0.2) is 42.5 Å². The molecule has 0 radical (unpaired) electrons. The molecule has 0 aliphatic carbocycles. The van der Waals surface area contributed by atoms with Gasteiger partial charge in [0.2, 0.25) is 5.75 Å². The number of nitro groups is 1. The molecule has 0 aliphatic heterocycles. The lowest BCUT2D eigenvalue weighted by Gasteiger charge is -2.09. The van der Waals surface area contributed by atoms with Gasteiger partial charge in [0, 0.05) is 6.07 Å². The van der Waals surface area contributed by atoms with Crippen molar-refractivity contribution < 1.29 is 19.2 Å². The largest absolute Gasteiger partial charge is 0.465 e. The van der Waals surface area contributed by atoms with E-state index in [4.69, 9.17) is 4.74 Å². The van der Waals surface area contributed by atoms with Gasteiger partial charge in [-0.1, -0.05) is 18.2 Å². The van der Waals surface area contributed by atoms with E-state index in [0.717, 1.165) is 0 Å². The highest BCUT2D eigenvalue weighted by Gasteiger charge is 2.22. The number of methoxy groups -OCH3 is 1. The van der Waals surface area contributed by atoms with Gasteiger partial charge in [0.1, 0.15) is 5.75 Å². The standard InChI is InChI=1S/C15H13NO5/c1-10-8-14(21-11-6-4-3-5-7-11)13(16(18)19)9-12(10)15(17)20-2/h3-9H,1-2H3. The second-order valence-corrected chi connectivity index (χ2v) is 4.30. The van der Waals surface area contributed by atoms with Crippen molar-refractivity contribution in [1.82, 2.24) is 0 Å². The summed E-state index contributed by atoms with van der Waals surface area (Å²) in [5.41, 5.74) is 0.396. The molecule has 0 spiro atoms. The number of aryl methyl sites for hydroxylation is 1. The van der Waals surface area contributed by atoms with Crippen LogP contribution in [0.1, 0.15) is 15.9 Å². The zero-order valence-corrected chi connectivity index (χ0v) is 11.5. The number of rotatable bonds is 4. The molecule has 2 aromatic carbocycles. The smallest absolute Gasteiger partial charge is 0.338 e. The maximum absolute atomic E-state index is 11.6. The Morgan fingerprint density at radius 3 is 2.43 bits per heavy atom. The first-order valence-electron chi connectivity index (χ1n) is 6.13.